The predicted molar refractivity (Wildman–Crippen MR) is 54.6 cm³/mol. The third-order valence-corrected chi connectivity index (χ3v) is 2.04. The minimum Gasteiger partial charge on any atom is -0.336 e. The van der Waals surface area contributed by atoms with Gasteiger partial charge in [0.2, 0.25) is 0 Å². The van der Waals surface area contributed by atoms with Crippen LogP contribution in [0.1, 0.15) is 26.6 Å². The third kappa shape index (κ3) is 1.95. The number of imidazole rings is 1. The Balaban J connectivity index is 3.13. The molecule has 0 amide bonds. The van der Waals surface area contributed by atoms with Gasteiger partial charge < -0.3 is 4.57 Å². The molecule has 3 heteroatoms. The summed E-state index contributed by atoms with van der Waals surface area (Å²) in [4.78, 5) is 4.43. The van der Waals surface area contributed by atoms with Gasteiger partial charge in [0.25, 0.3) is 0 Å². The molecule has 0 aromatic carbocycles. The van der Waals surface area contributed by atoms with Crippen molar-refractivity contribution < 1.29 is 0 Å². The van der Waals surface area contributed by atoms with Crippen molar-refractivity contribution in [2.45, 2.75) is 26.2 Å². The fraction of sp³-hybridized carbons (Fsp3) is 0.625. The van der Waals surface area contributed by atoms with Crippen LogP contribution in [-0.4, -0.2) is 9.55 Å². The fourth-order valence-corrected chi connectivity index (χ4v) is 1.77. The molecule has 1 aromatic heterocycles. The van der Waals surface area contributed by atoms with Crippen molar-refractivity contribution in [2.24, 2.45) is 7.05 Å². The Kier molecular flexibility index (Phi) is 2.27. The largest absolute Gasteiger partial charge is 0.336 e. The van der Waals surface area contributed by atoms with Crippen LogP contribution in [0, 0.1) is 3.70 Å². The molecule has 0 saturated heterocycles. The summed E-state index contributed by atoms with van der Waals surface area (Å²) in [5.74, 6) is 1.14. The fourth-order valence-electron chi connectivity index (χ4n) is 1.13. The quantitative estimate of drug-likeness (QED) is 0.657. The number of aromatic nitrogens is 2. The van der Waals surface area contributed by atoms with E-state index in [0.717, 1.165) is 9.53 Å². The molecule has 2 nitrogen and oxygen atoms in total. The molecule has 1 rings (SSSR count). The van der Waals surface area contributed by atoms with Crippen LogP contribution in [0.4, 0.5) is 0 Å². The second-order valence-electron chi connectivity index (χ2n) is 3.75. The molecular formula is C8H13IN2. The molecule has 11 heavy (non-hydrogen) atoms. The lowest BCUT2D eigenvalue weighted by molar-refractivity contribution is 0.522. The summed E-state index contributed by atoms with van der Waals surface area (Å²) in [6.07, 6.45) is 2.04. The molecule has 0 aliphatic rings. The highest BCUT2D eigenvalue weighted by Gasteiger charge is 2.19. The summed E-state index contributed by atoms with van der Waals surface area (Å²) in [7, 11) is 2.04. The number of nitrogens with zero attached hydrogens (tertiary/aromatic N) is 2. The van der Waals surface area contributed by atoms with Crippen molar-refractivity contribution in [3.05, 3.63) is 15.7 Å². The molecule has 0 fully saturated rings. The highest BCUT2D eigenvalue weighted by atomic mass is 127. The average molecular weight is 264 g/mol. The van der Waals surface area contributed by atoms with E-state index in [1.54, 1.807) is 0 Å². The van der Waals surface area contributed by atoms with Crippen molar-refractivity contribution in [3.63, 3.8) is 0 Å². The predicted octanol–water partition coefficient (Wildman–Crippen LogP) is 2.32. The number of halogens is 1. The van der Waals surface area contributed by atoms with Crippen LogP contribution in [0.3, 0.4) is 0 Å². The molecule has 0 aliphatic carbocycles. The van der Waals surface area contributed by atoms with E-state index < -0.39 is 0 Å². The molecular weight excluding hydrogens is 251 g/mol. The lowest BCUT2D eigenvalue weighted by Crippen LogP contribution is -2.17. The van der Waals surface area contributed by atoms with Crippen molar-refractivity contribution in [1.29, 1.82) is 0 Å². The SMILES string of the molecule is Cn1cc(I)nc1C(C)(C)C. The Labute approximate surface area is 81.2 Å². The van der Waals surface area contributed by atoms with Gasteiger partial charge in [0.1, 0.15) is 9.53 Å². The molecule has 0 unspecified atom stereocenters. The van der Waals surface area contributed by atoms with Crippen LogP contribution in [0.25, 0.3) is 0 Å². The van der Waals surface area contributed by atoms with Crippen LogP contribution in [-0.2, 0) is 12.5 Å². The van der Waals surface area contributed by atoms with Crippen LogP contribution < -0.4 is 0 Å². The van der Waals surface area contributed by atoms with Crippen molar-refractivity contribution >= 4 is 22.6 Å². The molecule has 1 heterocycles. The second kappa shape index (κ2) is 2.77. The van der Waals surface area contributed by atoms with Crippen molar-refractivity contribution in [3.8, 4) is 0 Å². The smallest absolute Gasteiger partial charge is 0.119 e. The monoisotopic (exact) mass is 264 g/mol. The van der Waals surface area contributed by atoms with Gasteiger partial charge in [-0.3, -0.25) is 0 Å². The maximum absolute atomic E-state index is 4.43. The number of hydrogen-bond acceptors (Lipinski definition) is 1. The minimum absolute atomic E-state index is 0.151. The van der Waals surface area contributed by atoms with Gasteiger partial charge in [-0.2, -0.15) is 0 Å². The Morgan fingerprint density at radius 1 is 1.45 bits per heavy atom. The Hall–Kier alpha value is -0.0600. The van der Waals surface area contributed by atoms with E-state index in [1.165, 1.54) is 0 Å². The van der Waals surface area contributed by atoms with E-state index in [2.05, 4.69) is 52.9 Å². The summed E-state index contributed by atoms with van der Waals surface area (Å²) in [5.41, 5.74) is 0.151. The first kappa shape index (κ1) is 9.03. The topological polar surface area (TPSA) is 17.8 Å². The van der Waals surface area contributed by atoms with E-state index in [9.17, 15) is 0 Å². The first-order valence-electron chi connectivity index (χ1n) is 3.60. The van der Waals surface area contributed by atoms with Gasteiger partial charge >= 0.3 is 0 Å². The van der Waals surface area contributed by atoms with Gasteiger partial charge in [0, 0.05) is 18.7 Å². The molecule has 0 bridgehead atoms. The maximum atomic E-state index is 4.43. The van der Waals surface area contributed by atoms with Gasteiger partial charge in [0.15, 0.2) is 0 Å². The number of hydrogen-bond donors (Lipinski definition) is 0. The first-order valence-corrected chi connectivity index (χ1v) is 4.68. The molecule has 0 aliphatic heterocycles. The molecule has 0 spiro atoms. The summed E-state index contributed by atoms with van der Waals surface area (Å²) >= 11 is 2.23. The number of aryl methyl sites for hydroxylation is 1. The van der Waals surface area contributed by atoms with Gasteiger partial charge in [-0.25, -0.2) is 4.98 Å². The molecule has 62 valence electrons. The molecule has 0 saturated carbocycles. The van der Waals surface area contributed by atoms with E-state index in [-0.39, 0.29) is 5.41 Å². The summed E-state index contributed by atoms with van der Waals surface area (Å²) in [6, 6.07) is 0. The van der Waals surface area contributed by atoms with E-state index in [0.29, 0.717) is 0 Å². The third-order valence-electron chi connectivity index (χ3n) is 1.52. The van der Waals surface area contributed by atoms with Crippen molar-refractivity contribution in [2.75, 3.05) is 0 Å². The first-order chi connectivity index (χ1) is 4.91. The van der Waals surface area contributed by atoms with Crippen LogP contribution in [0.2, 0.25) is 0 Å². The zero-order chi connectivity index (χ0) is 8.65. The average Bonchev–Trinajstić information content (AvgIpc) is 2.08. The van der Waals surface area contributed by atoms with Gasteiger partial charge in [-0.15, -0.1) is 0 Å². The second-order valence-corrected chi connectivity index (χ2v) is 4.85. The van der Waals surface area contributed by atoms with Gasteiger partial charge in [-0.05, 0) is 22.6 Å². The maximum Gasteiger partial charge on any atom is 0.119 e. The van der Waals surface area contributed by atoms with Crippen LogP contribution in [0.5, 0.6) is 0 Å². The highest BCUT2D eigenvalue weighted by Crippen LogP contribution is 2.20. The van der Waals surface area contributed by atoms with Crippen LogP contribution in [0.15, 0.2) is 6.20 Å². The highest BCUT2D eigenvalue weighted by molar-refractivity contribution is 14.1. The molecule has 0 atom stereocenters. The van der Waals surface area contributed by atoms with Gasteiger partial charge in [0.05, 0.1) is 0 Å². The standard InChI is InChI=1S/C8H13IN2/c1-8(2,3)7-10-6(9)5-11(7)4/h5H,1-4H3. The van der Waals surface area contributed by atoms with Gasteiger partial charge in [-0.1, -0.05) is 20.8 Å². The summed E-state index contributed by atoms with van der Waals surface area (Å²) in [5, 5.41) is 0. The Morgan fingerprint density at radius 2 is 2.00 bits per heavy atom. The lowest BCUT2D eigenvalue weighted by Gasteiger charge is -2.17. The normalized spacial score (nSPS) is 12.1. The molecule has 0 N–H and O–H groups in total. The Morgan fingerprint density at radius 3 is 2.18 bits per heavy atom. The zero-order valence-electron chi connectivity index (χ0n) is 7.35. The van der Waals surface area contributed by atoms with Crippen LogP contribution >= 0.6 is 22.6 Å². The number of rotatable bonds is 0. The van der Waals surface area contributed by atoms with E-state index in [4.69, 9.17) is 0 Å². The minimum atomic E-state index is 0.151. The zero-order valence-corrected chi connectivity index (χ0v) is 9.51. The van der Waals surface area contributed by atoms with Crippen molar-refractivity contribution in [1.82, 2.24) is 9.55 Å². The van der Waals surface area contributed by atoms with E-state index >= 15 is 0 Å². The summed E-state index contributed by atoms with van der Waals surface area (Å²) in [6.45, 7) is 6.52. The lowest BCUT2D eigenvalue weighted by atomic mass is 9.96. The Bertz CT molecular complexity index is 258. The van der Waals surface area contributed by atoms with E-state index in [1.807, 2.05) is 13.2 Å². The molecule has 1 aromatic rings. The molecule has 0 radical (unpaired) electrons. The summed E-state index contributed by atoms with van der Waals surface area (Å²) < 4.78 is 3.15.